The fourth-order valence-electron chi connectivity index (χ4n) is 1.98. The number of thioether (sulfide) groups is 1. The summed E-state index contributed by atoms with van der Waals surface area (Å²) in [7, 11) is 0. The van der Waals surface area contributed by atoms with Crippen molar-refractivity contribution in [1.82, 2.24) is 0 Å². The van der Waals surface area contributed by atoms with Gasteiger partial charge in [-0.15, -0.1) is 0 Å². The van der Waals surface area contributed by atoms with E-state index in [2.05, 4.69) is 0 Å². The molecule has 2 nitrogen and oxygen atoms in total. The zero-order valence-electron chi connectivity index (χ0n) is 10.8. The monoisotopic (exact) mass is 331 g/mol. The zero-order chi connectivity index (χ0) is 14.8. The molecule has 0 saturated carbocycles. The number of carbonyl (C=O) groups is 1. The van der Waals surface area contributed by atoms with Crippen molar-refractivity contribution in [3.63, 3.8) is 0 Å². The van der Waals surface area contributed by atoms with E-state index in [1.54, 1.807) is 24.3 Å². The molecule has 0 aliphatic carbocycles. The summed E-state index contributed by atoms with van der Waals surface area (Å²) in [5.41, 5.74) is 1.72. The van der Waals surface area contributed by atoms with Crippen molar-refractivity contribution in [3.8, 4) is 0 Å². The molecule has 1 heterocycles. The van der Waals surface area contributed by atoms with Crippen LogP contribution in [0.1, 0.15) is 5.56 Å². The lowest BCUT2D eigenvalue weighted by atomic mass is 10.2. The summed E-state index contributed by atoms with van der Waals surface area (Å²) in [4.78, 5) is 14.7. The summed E-state index contributed by atoms with van der Waals surface area (Å²) in [6.07, 6.45) is 1.86. The Morgan fingerprint density at radius 1 is 1.05 bits per heavy atom. The van der Waals surface area contributed by atoms with Gasteiger partial charge in [-0.3, -0.25) is 9.69 Å². The fraction of sp³-hybridized carbons (Fsp3) is 0. The number of carbonyl (C=O) groups excluding carboxylic acids is 1. The Labute approximate surface area is 137 Å². The first-order chi connectivity index (χ1) is 10.1. The van der Waals surface area contributed by atoms with Crippen molar-refractivity contribution >= 4 is 57.6 Å². The summed E-state index contributed by atoms with van der Waals surface area (Å²) in [5, 5.41) is 0.629. The first-order valence-electron chi connectivity index (χ1n) is 6.24. The third kappa shape index (κ3) is 3.02. The Kier molecular flexibility index (Phi) is 4.10. The number of amides is 1. The van der Waals surface area contributed by atoms with Crippen LogP contribution in [0.15, 0.2) is 59.5 Å². The molecule has 104 valence electrons. The number of hydrogen-bond acceptors (Lipinski definition) is 3. The summed E-state index contributed by atoms with van der Waals surface area (Å²) >= 11 is 12.5. The lowest BCUT2D eigenvalue weighted by molar-refractivity contribution is -0.113. The van der Waals surface area contributed by atoms with Gasteiger partial charge in [0.25, 0.3) is 5.91 Å². The van der Waals surface area contributed by atoms with Gasteiger partial charge in [-0.1, -0.05) is 65.9 Å². The molecule has 1 aliphatic heterocycles. The van der Waals surface area contributed by atoms with Crippen molar-refractivity contribution in [2.24, 2.45) is 0 Å². The van der Waals surface area contributed by atoms with Crippen LogP contribution in [0, 0.1) is 0 Å². The largest absolute Gasteiger partial charge is 0.270 e. The molecule has 2 aromatic rings. The smallest absolute Gasteiger partial charge is 0.268 e. The summed E-state index contributed by atoms with van der Waals surface area (Å²) in [6.45, 7) is 0. The highest BCUT2D eigenvalue weighted by Gasteiger charge is 2.33. The molecule has 3 rings (SSSR count). The number of halogens is 1. The van der Waals surface area contributed by atoms with Crippen LogP contribution in [-0.4, -0.2) is 10.2 Å². The van der Waals surface area contributed by atoms with Crippen molar-refractivity contribution in [3.05, 3.63) is 70.1 Å². The van der Waals surface area contributed by atoms with Gasteiger partial charge in [0.2, 0.25) is 0 Å². The maximum atomic E-state index is 12.5. The predicted molar refractivity (Wildman–Crippen MR) is 93.5 cm³/mol. The van der Waals surface area contributed by atoms with Crippen LogP contribution in [0.4, 0.5) is 5.69 Å². The molecular weight excluding hydrogens is 322 g/mol. The van der Waals surface area contributed by atoms with Gasteiger partial charge in [-0.2, -0.15) is 0 Å². The normalized spacial score (nSPS) is 16.8. The number of hydrogen-bond donors (Lipinski definition) is 0. The van der Waals surface area contributed by atoms with Gasteiger partial charge in [0.1, 0.15) is 0 Å². The molecular formula is C16H10ClNOS2. The van der Waals surface area contributed by atoms with Crippen molar-refractivity contribution in [1.29, 1.82) is 0 Å². The maximum absolute atomic E-state index is 12.5. The van der Waals surface area contributed by atoms with Gasteiger partial charge in [-0.05, 0) is 35.9 Å². The molecule has 0 atom stereocenters. The quantitative estimate of drug-likeness (QED) is 0.585. The minimum atomic E-state index is -0.101. The molecule has 5 heteroatoms. The van der Waals surface area contributed by atoms with Gasteiger partial charge in [0.15, 0.2) is 4.32 Å². The molecule has 1 saturated heterocycles. The van der Waals surface area contributed by atoms with E-state index in [0.717, 1.165) is 11.3 Å². The molecule has 0 bridgehead atoms. The molecule has 0 spiro atoms. The van der Waals surface area contributed by atoms with Crippen molar-refractivity contribution in [2.45, 2.75) is 0 Å². The Morgan fingerprint density at radius 2 is 1.71 bits per heavy atom. The van der Waals surface area contributed by atoms with E-state index < -0.39 is 0 Å². The Balaban J connectivity index is 1.92. The Hall–Kier alpha value is -1.62. The van der Waals surface area contributed by atoms with Crippen LogP contribution in [0.2, 0.25) is 5.02 Å². The number of nitrogens with zero attached hydrogens (tertiary/aromatic N) is 1. The van der Waals surface area contributed by atoms with E-state index in [-0.39, 0.29) is 5.91 Å². The van der Waals surface area contributed by atoms with Gasteiger partial charge >= 0.3 is 0 Å². The first-order valence-corrected chi connectivity index (χ1v) is 7.84. The van der Waals surface area contributed by atoms with E-state index in [0.29, 0.717) is 14.2 Å². The molecule has 2 aromatic carbocycles. The highest BCUT2D eigenvalue weighted by molar-refractivity contribution is 8.27. The Morgan fingerprint density at radius 3 is 2.38 bits per heavy atom. The zero-order valence-corrected chi connectivity index (χ0v) is 13.2. The van der Waals surface area contributed by atoms with Gasteiger partial charge in [0, 0.05) is 5.02 Å². The SMILES string of the molecule is O=C1/C(=C\c2ccccc2)SC(=S)N1c1ccc(Cl)cc1. The number of rotatable bonds is 2. The van der Waals surface area contributed by atoms with E-state index in [1.165, 1.54) is 16.7 Å². The van der Waals surface area contributed by atoms with Crippen LogP contribution in [0.25, 0.3) is 6.08 Å². The van der Waals surface area contributed by atoms with Crippen LogP contribution in [-0.2, 0) is 4.79 Å². The molecule has 1 fully saturated rings. The van der Waals surface area contributed by atoms with E-state index in [1.807, 2.05) is 36.4 Å². The summed E-state index contributed by atoms with van der Waals surface area (Å²) in [6, 6.07) is 16.8. The molecule has 0 unspecified atom stereocenters. The average Bonchev–Trinajstić information content (AvgIpc) is 2.76. The molecule has 21 heavy (non-hydrogen) atoms. The third-order valence-corrected chi connectivity index (χ3v) is 4.53. The molecule has 0 N–H and O–H groups in total. The highest BCUT2D eigenvalue weighted by Crippen LogP contribution is 2.36. The third-order valence-electron chi connectivity index (χ3n) is 2.98. The van der Waals surface area contributed by atoms with Gasteiger partial charge < -0.3 is 0 Å². The topological polar surface area (TPSA) is 20.3 Å². The lowest BCUT2D eigenvalue weighted by Gasteiger charge is -2.14. The first kappa shape index (κ1) is 14.3. The van der Waals surface area contributed by atoms with Gasteiger partial charge in [0.05, 0.1) is 10.6 Å². The molecule has 1 aliphatic rings. The van der Waals surface area contributed by atoms with E-state index in [4.69, 9.17) is 23.8 Å². The predicted octanol–water partition coefficient (Wildman–Crippen LogP) is 4.75. The number of anilines is 1. The van der Waals surface area contributed by atoms with E-state index >= 15 is 0 Å². The summed E-state index contributed by atoms with van der Waals surface area (Å²) < 4.78 is 0.532. The minimum absolute atomic E-state index is 0.101. The van der Waals surface area contributed by atoms with Crippen LogP contribution in [0.3, 0.4) is 0 Å². The second-order valence-electron chi connectivity index (χ2n) is 4.40. The van der Waals surface area contributed by atoms with Crippen molar-refractivity contribution in [2.75, 3.05) is 4.90 Å². The minimum Gasteiger partial charge on any atom is -0.268 e. The van der Waals surface area contributed by atoms with Crippen LogP contribution >= 0.6 is 35.6 Å². The number of thiocarbonyl (C=S) groups is 1. The molecule has 1 amide bonds. The van der Waals surface area contributed by atoms with E-state index in [9.17, 15) is 4.79 Å². The second-order valence-corrected chi connectivity index (χ2v) is 6.52. The maximum Gasteiger partial charge on any atom is 0.270 e. The lowest BCUT2D eigenvalue weighted by Crippen LogP contribution is -2.27. The number of benzene rings is 2. The van der Waals surface area contributed by atoms with Crippen LogP contribution in [0.5, 0.6) is 0 Å². The molecule has 0 radical (unpaired) electrons. The van der Waals surface area contributed by atoms with Gasteiger partial charge in [-0.25, -0.2) is 0 Å². The highest BCUT2D eigenvalue weighted by atomic mass is 35.5. The van der Waals surface area contributed by atoms with Crippen molar-refractivity contribution < 1.29 is 4.79 Å². The summed E-state index contributed by atoms with van der Waals surface area (Å²) in [5.74, 6) is -0.101. The second kappa shape index (κ2) is 6.02. The molecule has 0 aromatic heterocycles. The standard InChI is InChI=1S/C16H10ClNOS2/c17-12-6-8-13(9-7-12)18-15(19)14(21-16(18)20)10-11-4-2-1-3-5-11/h1-10H/b14-10+. The van der Waals surface area contributed by atoms with Crippen LogP contribution < -0.4 is 4.90 Å². The average molecular weight is 332 g/mol. The Bertz CT molecular complexity index is 726. The fourth-order valence-corrected chi connectivity index (χ4v) is 3.41.